The van der Waals surface area contributed by atoms with Crippen LogP contribution in [-0.2, 0) is 6.42 Å². The lowest BCUT2D eigenvalue weighted by molar-refractivity contribution is 0.140. The second kappa shape index (κ2) is 3.72. The fourth-order valence-electron chi connectivity index (χ4n) is 3.13. The molecule has 0 atom stereocenters. The highest BCUT2D eigenvalue weighted by molar-refractivity contribution is 5.97. The van der Waals surface area contributed by atoms with Gasteiger partial charge in [0.25, 0.3) is 0 Å². The van der Waals surface area contributed by atoms with Crippen molar-refractivity contribution in [1.82, 2.24) is 4.98 Å². The highest BCUT2D eigenvalue weighted by atomic mass is 16.5. The quantitative estimate of drug-likeness (QED) is 0.560. The Morgan fingerprint density at radius 1 is 1.10 bits per heavy atom. The van der Waals surface area contributed by atoms with E-state index in [1.165, 1.54) is 16.5 Å². The molecule has 2 heterocycles. The molecule has 0 radical (unpaired) electrons. The SMILES string of the molecule is Cc1cc2nc3ccccc3cc2c2c1CC(C)(C)O2. The lowest BCUT2D eigenvalue weighted by atomic mass is 9.96. The third kappa shape index (κ3) is 1.61. The van der Waals surface area contributed by atoms with Gasteiger partial charge in [-0.25, -0.2) is 4.98 Å². The number of hydrogen-bond donors (Lipinski definition) is 0. The van der Waals surface area contributed by atoms with Gasteiger partial charge >= 0.3 is 0 Å². The molecule has 0 saturated heterocycles. The maximum absolute atomic E-state index is 6.20. The average molecular weight is 263 g/mol. The van der Waals surface area contributed by atoms with Crippen molar-refractivity contribution < 1.29 is 4.74 Å². The maximum atomic E-state index is 6.20. The first kappa shape index (κ1) is 11.7. The Labute approximate surface area is 118 Å². The van der Waals surface area contributed by atoms with Gasteiger partial charge in [0.1, 0.15) is 11.4 Å². The zero-order valence-corrected chi connectivity index (χ0v) is 12.0. The lowest BCUT2D eigenvalue weighted by Gasteiger charge is -2.17. The largest absolute Gasteiger partial charge is 0.487 e. The first-order valence-corrected chi connectivity index (χ1v) is 7.04. The predicted molar refractivity (Wildman–Crippen MR) is 82.4 cm³/mol. The van der Waals surface area contributed by atoms with E-state index in [9.17, 15) is 0 Å². The molecule has 0 amide bonds. The second-order valence-corrected chi connectivity index (χ2v) is 6.29. The standard InChI is InChI=1S/C18H17NO/c1-11-8-16-13(17-14(11)10-18(2,3)20-17)9-12-6-4-5-7-15(12)19-16/h4-9H,10H2,1-3H3. The Kier molecular flexibility index (Phi) is 2.18. The molecule has 0 saturated carbocycles. The monoisotopic (exact) mass is 263 g/mol. The van der Waals surface area contributed by atoms with Crippen LogP contribution in [0.15, 0.2) is 36.4 Å². The minimum atomic E-state index is -0.118. The first-order chi connectivity index (χ1) is 9.53. The van der Waals surface area contributed by atoms with Crippen LogP contribution in [0.5, 0.6) is 5.75 Å². The number of aromatic nitrogens is 1. The van der Waals surface area contributed by atoms with Crippen LogP contribution in [0.1, 0.15) is 25.0 Å². The normalized spacial score (nSPS) is 16.4. The van der Waals surface area contributed by atoms with Crippen LogP contribution in [0.2, 0.25) is 0 Å². The molecule has 3 aromatic rings. The second-order valence-electron chi connectivity index (χ2n) is 6.29. The Balaban J connectivity index is 2.11. The predicted octanol–water partition coefficient (Wildman–Crippen LogP) is 4.41. The van der Waals surface area contributed by atoms with Crippen LogP contribution >= 0.6 is 0 Å². The van der Waals surface area contributed by atoms with E-state index in [-0.39, 0.29) is 5.60 Å². The number of ether oxygens (including phenoxy) is 1. The summed E-state index contributed by atoms with van der Waals surface area (Å²) in [5.41, 5.74) is 4.56. The van der Waals surface area contributed by atoms with Gasteiger partial charge in [0.15, 0.2) is 0 Å². The summed E-state index contributed by atoms with van der Waals surface area (Å²) in [5.74, 6) is 1.03. The average Bonchev–Trinajstić information content (AvgIpc) is 2.74. The Hall–Kier alpha value is -2.09. The maximum Gasteiger partial charge on any atom is 0.133 e. The lowest BCUT2D eigenvalue weighted by Crippen LogP contribution is -2.24. The van der Waals surface area contributed by atoms with Crippen LogP contribution < -0.4 is 4.74 Å². The van der Waals surface area contributed by atoms with Gasteiger partial charge in [0.05, 0.1) is 11.0 Å². The van der Waals surface area contributed by atoms with Gasteiger partial charge in [-0.05, 0) is 44.5 Å². The van der Waals surface area contributed by atoms with Crippen LogP contribution in [-0.4, -0.2) is 10.6 Å². The highest BCUT2D eigenvalue weighted by Gasteiger charge is 2.32. The van der Waals surface area contributed by atoms with E-state index >= 15 is 0 Å². The molecule has 2 heteroatoms. The van der Waals surface area contributed by atoms with E-state index in [2.05, 4.69) is 51.1 Å². The smallest absolute Gasteiger partial charge is 0.133 e. The zero-order valence-electron chi connectivity index (χ0n) is 12.0. The number of pyridine rings is 1. The van der Waals surface area contributed by atoms with Gasteiger partial charge in [-0.3, -0.25) is 0 Å². The molecular weight excluding hydrogens is 246 g/mol. The van der Waals surface area contributed by atoms with Crippen molar-refractivity contribution in [3.8, 4) is 5.75 Å². The number of nitrogens with zero attached hydrogens (tertiary/aromatic N) is 1. The topological polar surface area (TPSA) is 22.1 Å². The summed E-state index contributed by atoms with van der Waals surface area (Å²) in [5, 5.41) is 2.30. The van der Waals surface area contributed by atoms with E-state index < -0.39 is 0 Å². The molecule has 0 N–H and O–H groups in total. The summed E-state index contributed by atoms with van der Waals surface area (Å²) >= 11 is 0. The molecule has 2 nitrogen and oxygen atoms in total. The fourth-order valence-corrected chi connectivity index (χ4v) is 3.13. The van der Waals surface area contributed by atoms with Gasteiger partial charge in [0.2, 0.25) is 0 Å². The molecule has 0 aliphatic carbocycles. The van der Waals surface area contributed by atoms with Gasteiger partial charge in [-0.2, -0.15) is 0 Å². The highest BCUT2D eigenvalue weighted by Crippen LogP contribution is 2.42. The number of fused-ring (bicyclic) bond motifs is 4. The summed E-state index contributed by atoms with van der Waals surface area (Å²) < 4.78 is 6.20. The van der Waals surface area contributed by atoms with Crippen molar-refractivity contribution in [2.75, 3.05) is 0 Å². The van der Waals surface area contributed by atoms with Gasteiger partial charge in [-0.15, -0.1) is 0 Å². The van der Waals surface area contributed by atoms with Crippen molar-refractivity contribution >= 4 is 21.8 Å². The van der Waals surface area contributed by atoms with E-state index in [4.69, 9.17) is 9.72 Å². The van der Waals surface area contributed by atoms with E-state index in [1.807, 2.05) is 6.07 Å². The molecule has 2 aromatic carbocycles. The molecule has 0 unspecified atom stereocenters. The summed E-state index contributed by atoms with van der Waals surface area (Å²) in [4.78, 5) is 4.78. The Morgan fingerprint density at radius 3 is 2.75 bits per heavy atom. The molecule has 4 rings (SSSR count). The van der Waals surface area contributed by atoms with Gasteiger partial charge in [-0.1, -0.05) is 18.2 Å². The number of rotatable bonds is 0. The third-order valence-corrected chi connectivity index (χ3v) is 4.08. The van der Waals surface area contributed by atoms with Gasteiger partial charge < -0.3 is 4.74 Å². The Morgan fingerprint density at radius 2 is 1.90 bits per heavy atom. The van der Waals surface area contributed by atoms with Crippen molar-refractivity contribution in [1.29, 1.82) is 0 Å². The third-order valence-electron chi connectivity index (χ3n) is 4.08. The van der Waals surface area contributed by atoms with Crippen molar-refractivity contribution in [3.63, 3.8) is 0 Å². The molecule has 0 bridgehead atoms. The zero-order chi connectivity index (χ0) is 13.9. The summed E-state index contributed by atoms with van der Waals surface area (Å²) in [6.45, 7) is 6.44. The van der Waals surface area contributed by atoms with Crippen molar-refractivity contribution in [3.05, 3.63) is 47.5 Å². The van der Waals surface area contributed by atoms with Crippen LogP contribution in [0.25, 0.3) is 21.8 Å². The molecule has 1 aliphatic rings. The minimum absolute atomic E-state index is 0.118. The summed E-state index contributed by atoms with van der Waals surface area (Å²) in [7, 11) is 0. The molecule has 100 valence electrons. The molecule has 0 fully saturated rings. The number of benzene rings is 2. The van der Waals surface area contributed by atoms with E-state index in [0.717, 1.165) is 28.6 Å². The van der Waals surface area contributed by atoms with Crippen molar-refractivity contribution in [2.45, 2.75) is 32.8 Å². The van der Waals surface area contributed by atoms with Crippen LogP contribution in [0.3, 0.4) is 0 Å². The molecule has 1 aliphatic heterocycles. The fraction of sp³-hybridized carbons (Fsp3) is 0.278. The number of aryl methyl sites for hydroxylation is 1. The van der Waals surface area contributed by atoms with Gasteiger partial charge in [0, 0.05) is 22.8 Å². The Bertz CT molecular complexity index is 849. The van der Waals surface area contributed by atoms with E-state index in [0.29, 0.717) is 0 Å². The number of hydrogen-bond acceptors (Lipinski definition) is 2. The summed E-state index contributed by atoms with van der Waals surface area (Å²) in [6, 6.07) is 12.6. The van der Waals surface area contributed by atoms with E-state index in [1.54, 1.807) is 0 Å². The van der Waals surface area contributed by atoms with Crippen molar-refractivity contribution in [2.24, 2.45) is 0 Å². The molecular formula is C18H17NO. The molecule has 0 spiro atoms. The molecule has 1 aromatic heterocycles. The molecule has 20 heavy (non-hydrogen) atoms. The first-order valence-electron chi connectivity index (χ1n) is 7.04. The summed E-state index contributed by atoms with van der Waals surface area (Å²) in [6.07, 6.45) is 0.969. The minimum Gasteiger partial charge on any atom is -0.487 e. The number of para-hydroxylation sites is 1. The van der Waals surface area contributed by atoms with Crippen LogP contribution in [0, 0.1) is 6.92 Å². The van der Waals surface area contributed by atoms with Crippen LogP contribution in [0.4, 0.5) is 0 Å².